The fourth-order valence-electron chi connectivity index (χ4n) is 3.16. The van der Waals surface area contributed by atoms with Crippen molar-refractivity contribution in [2.75, 3.05) is 6.54 Å². The minimum absolute atomic E-state index is 0.257. The number of sulfonamides is 1. The van der Waals surface area contributed by atoms with Crippen molar-refractivity contribution in [1.82, 2.24) is 24.3 Å². The van der Waals surface area contributed by atoms with E-state index >= 15 is 0 Å². The standard InChI is InChI=1S/C19H24FN5O2S/c1-4-25-15(3)19(14(2)22-25)28(26,27)21-11-5-12-24-13-10-18(23-24)16-6-8-17(20)9-7-16/h6-10,13,21H,4-5,11-12H2,1-3H3. The van der Waals surface area contributed by atoms with Crippen LogP contribution < -0.4 is 4.72 Å². The van der Waals surface area contributed by atoms with E-state index in [4.69, 9.17) is 0 Å². The third-order valence-corrected chi connectivity index (χ3v) is 6.23. The van der Waals surface area contributed by atoms with Gasteiger partial charge in [0.2, 0.25) is 10.0 Å². The molecule has 0 radical (unpaired) electrons. The number of hydrogen-bond acceptors (Lipinski definition) is 4. The Morgan fingerprint density at radius 2 is 1.82 bits per heavy atom. The second-order valence-electron chi connectivity index (χ2n) is 6.54. The molecular formula is C19H24FN5O2S. The van der Waals surface area contributed by atoms with Crippen LogP contribution in [0, 0.1) is 19.7 Å². The van der Waals surface area contributed by atoms with Gasteiger partial charge in [-0.25, -0.2) is 17.5 Å². The van der Waals surface area contributed by atoms with Crippen LogP contribution in [0.5, 0.6) is 0 Å². The molecule has 0 saturated carbocycles. The normalized spacial score (nSPS) is 11.9. The SMILES string of the molecule is CCn1nc(C)c(S(=O)(=O)NCCCn2ccc(-c3ccc(F)cc3)n2)c1C. The summed E-state index contributed by atoms with van der Waals surface area (Å²) in [5.41, 5.74) is 2.73. The summed E-state index contributed by atoms with van der Waals surface area (Å²) in [5.74, 6) is -0.287. The van der Waals surface area contributed by atoms with Crippen LogP contribution in [0.4, 0.5) is 4.39 Å². The highest BCUT2D eigenvalue weighted by Gasteiger charge is 2.23. The molecule has 0 atom stereocenters. The summed E-state index contributed by atoms with van der Waals surface area (Å²) in [7, 11) is -3.61. The minimum Gasteiger partial charge on any atom is -0.272 e. The molecule has 150 valence electrons. The average molecular weight is 405 g/mol. The summed E-state index contributed by atoms with van der Waals surface area (Å²) < 4.78 is 44.3. The topological polar surface area (TPSA) is 81.8 Å². The Morgan fingerprint density at radius 1 is 1.11 bits per heavy atom. The average Bonchev–Trinajstić information content (AvgIpc) is 3.23. The maximum absolute atomic E-state index is 13.0. The Kier molecular flexibility index (Phi) is 5.95. The summed E-state index contributed by atoms with van der Waals surface area (Å²) in [6.45, 7) is 6.87. The van der Waals surface area contributed by atoms with Crippen LogP contribution in [0.3, 0.4) is 0 Å². The van der Waals surface area contributed by atoms with Crippen molar-refractivity contribution >= 4 is 10.0 Å². The monoisotopic (exact) mass is 405 g/mol. The smallest absolute Gasteiger partial charge is 0.244 e. The van der Waals surface area contributed by atoms with E-state index in [1.807, 2.05) is 19.2 Å². The maximum Gasteiger partial charge on any atom is 0.244 e. The van der Waals surface area contributed by atoms with Crippen molar-refractivity contribution in [1.29, 1.82) is 0 Å². The van der Waals surface area contributed by atoms with Gasteiger partial charge in [0.1, 0.15) is 10.7 Å². The van der Waals surface area contributed by atoms with Crippen LogP contribution in [0.1, 0.15) is 24.7 Å². The fourth-order valence-corrected chi connectivity index (χ4v) is 4.64. The predicted molar refractivity (Wildman–Crippen MR) is 105 cm³/mol. The molecule has 0 bridgehead atoms. The molecule has 3 aromatic rings. The number of benzene rings is 1. The van der Waals surface area contributed by atoms with Crippen LogP contribution >= 0.6 is 0 Å². The lowest BCUT2D eigenvalue weighted by Gasteiger charge is -2.08. The van der Waals surface area contributed by atoms with E-state index in [2.05, 4.69) is 14.9 Å². The second kappa shape index (κ2) is 8.24. The highest BCUT2D eigenvalue weighted by Crippen LogP contribution is 2.19. The van der Waals surface area contributed by atoms with Gasteiger partial charge in [-0.2, -0.15) is 10.2 Å². The zero-order valence-corrected chi connectivity index (χ0v) is 17.0. The van der Waals surface area contributed by atoms with Gasteiger partial charge in [0.15, 0.2) is 0 Å². The molecule has 0 aliphatic carbocycles. The van der Waals surface area contributed by atoms with Gasteiger partial charge in [-0.15, -0.1) is 0 Å². The number of aromatic nitrogens is 4. The van der Waals surface area contributed by atoms with Gasteiger partial charge in [-0.3, -0.25) is 9.36 Å². The van der Waals surface area contributed by atoms with Crippen molar-refractivity contribution in [3.8, 4) is 11.3 Å². The van der Waals surface area contributed by atoms with E-state index in [9.17, 15) is 12.8 Å². The zero-order valence-electron chi connectivity index (χ0n) is 16.2. The summed E-state index contributed by atoms with van der Waals surface area (Å²) in [5, 5.41) is 8.72. The van der Waals surface area contributed by atoms with Gasteiger partial charge in [-0.1, -0.05) is 0 Å². The Balaban J connectivity index is 1.57. The van der Waals surface area contributed by atoms with E-state index in [-0.39, 0.29) is 10.7 Å². The third-order valence-electron chi connectivity index (χ3n) is 4.52. The highest BCUT2D eigenvalue weighted by molar-refractivity contribution is 7.89. The van der Waals surface area contributed by atoms with Crippen LogP contribution in [0.15, 0.2) is 41.4 Å². The predicted octanol–water partition coefficient (Wildman–Crippen LogP) is 2.89. The number of rotatable bonds is 8. The number of hydrogen-bond donors (Lipinski definition) is 1. The Hall–Kier alpha value is -2.52. The molecule has 0 unspecified atom stereocenters. The molecule has 2 aromatic heterocycles. The first-order valence-corrected chi connectivity index (χ1v) is 10.6. The molecule has 1 aromatic carbocycles. The maximum atomic E-state index is 13.0. The molecule has 1 N–H and O–H groups in total. The van der Waals surface area contributed by atoms with E-state index in [1.54, 1.807) is 35.3 Å². The summed E-state index contributed by atoms with van der Waals surface area (Å²) >= 11 is 0. The lowest BCUT2D eigenvalue weighted by molar-refractivity contribution is 0.552. The Morgan fingerprint density at radius 3 is 2.46 bits per heavy atom. The molecule has 0 saturated heterocycles. The third kappa shape index (κ3) is 4.31. The Bertz CT molecular complexity index is 1050. The largest absolute Gasteiger partial charge is 0.272 e. The number of nitrogens with zero attached hydrogens (tertiary/aromatic N) is 4. The first kappa shape index (κ1) is 20.2. The number of aryl methyl sites for hydroxylation is 3. The van der Waals surface area contributed by atoms with Crippen molar-refractivity contribution in [3.63, 3.8) is 0 Å². The van der Waals surface area contributed by atoms with Crippen molar-refractivity contribution in [3.05, 3.63) is 53.7 Å². The fraction of sp³-hybridized carbons (Fsp3) is 0.368. The molecule has 9 heteroatoms. The van der Waals surface area contributed by atoms with Gasteiger partial charge < -0.3 is 0 Å². The molecular weight excluding hydrogens is 381 g/mol. The van der Waals surface area contributed by atoms with E-state index in [1.165, 1.54) is 12.1 Å². The molecule has 0 amide bonds. The van der Waals surface area contributed by atoms with Gasteiger partial charge in [0.05, 0.1) is 17.1 Å². The van der Waals surface area contributed by atoms with Gasteiger partial charge in [0, 0.05) is 31.4 Å². The molecule has 2 heterocycles. The first-order valence-electron chi connectivity index (χ1n) is 9.15. The van der Waals surface area contributed by atoms with Gasteiger partial charge in [-0.05, 0) is 57.5 Å². The van der Waals surface area contributed by atoms with E-state index in [0.717, 1.165) is 11.3 Å². The quantitative estimate of drug-likeness (QED) is 0.584. The summed E-state index contributed by atoms with van der Waals surface area (Å²) in [6, 6.07) is 8.00. The molecule has 0 aliphatic heterocycles. The van der Waals surface area contributed by atoms with Crippen LogP contribution in [-0.4, -0.2) is 34.5 Å². The van der Waals surface area contributed by atoms with Crippen LogP contribution in [-0.2, 0) is 23.1 Å². The van der Waals surface area contributed by atoms with Crippen LogP contribution in [0.2, 0.25) is 0 Å². The zero-order chi connectivity index (χ0) is 20.3. The molecule has 0 aliphatic rings. The number of halogens is 1. The van der Waals surface area contributed by atoms with Crippen molar-refractivity contribution in [2.24, 2.45) is 0 Å². The lowest BCUT2D eigenvalue weighted by atomic mass is 10.1. The van der Waals surface area contributed by atoms with Crippen molar-refractivity contribution in [2.45, 2.75) is 45.2 Å². The minimum atomic E-state index is -3.61. The van der Waals surface area contributed by atoms with E-state index < -0.39 is 10.0 Å². The molecule has 0 spiro atoms. The molecule has 3 rings (SSSR count). The second-order valence-corrected chi connectivity index (χ2v) is 8.24. The highest BCUT2D eigenvalue weighted by atomic mass is 32.2. The summed E-state index contributed by atoms with van der Waals surface area (Å²) in [6.07, 6.45) is 2.41. The summed E-state index contributed by atoms with van der Waals surface area (Å²) in [4.78, 5) is 0.257. The van der Waals surface area contributed by atoms with Gasteiger partial charge in [0.25, 0.3) is 0 Å². The van der Waals surface area contributed by atoms with Gasteiger partial charge >= 0.3 is 0 Å². The number of nitrogens with one attached hydrogen (secondary N) is 1. The van der Waals surface area contributed by atoms with E-state index in [0.29, 0.717) is 37.4 Å². The molecule has 28 heavy (non-hydrogen) atoms. The van der Waals surface area contributed by atoms with Crippen LogP contribution in [0.25, 0.3) is 11.3 Å². The first-order chi connectivity index (χ1) is 13.3. The lowest BCUT2D eigenvalue weighted by Crippen LogP contribution is -2.26. The Labute approximate surface area is 164 Å². The molecule has 7 nitrogen and oxygen atoms in total. The van der Waals surface area contributed by atoms with Crippen molar-refractivity contribution < 1.29 is 12.8 Å². The molecule has 0 fully saturated rings.